The van der Waals surface area contributed by atoms with Crippen LogP contribution in [-0.2, 0) is 15.4 Å². The van der Waals surface area contributed by atoms with Crippen molar-refractivity contribution >= 4 is 15.8 Å². The molecule has 208 valence electrons. The lowest BCUT2D eigenvalue weighted by Gasteiger charge is -2.42. The van der Waals surface area contributed by atoms with Crippen molar-refractivity contribution in [2.24, 2.45) is 5.41 Å². The molecule has 3 heterocycles. The summed E-state index contributed by atoms with van der Waals surface area (Å²) in [6, 6.07) is 11.1. The number of nitrogens with zero attached hydrogens (tertiary/aromatic N) is 5. The Bertz CT molecular complexity index is 1670. The molecule has 1 aromatic carbocycles. The van der Waals surface area contributed by atoms with Gasteiger partial charge in [0.1, 0.15) is 17.3 Å². The third-order valence-electron chi connectivity index (χ3n) is 7.44. The van der Waals surface area contributed by atoms with Gasteiger partial charge in [0.15, 0.2) is 5.82 Å². The molecule has 0 aliphatic heterocycles. The summed E-state index contributed by atoms with van der Waals surface area (Å²) in [5.74, 6) is -1.17. The maximum absolute atomic E-state index is 14.7. The van der Waals surface area contributed by atoms with Gasteiger partial charge in [-0.25, -0.2) is 27.2 Å². The molecular weight excluding hydrogens is 534 g/mol. The highest BCUT2D eigenvalue weighted by atomic mass is 32.2. The zero-order valence-electron chi connectivity index (χ0n) is 22.9. The Balaban J connectivity index is 1.59. The van der Waals surface area contributed by atoms with Crippen LogP contribution >= 0.6 is 0 Å². The molecular formula is C29H30F2N6O2S. The van der Waals surface area contributed by atoms with Crippen LogP contribution < -0.4 is 4.72 Å². The first-order valence-electron chi connectivity index (χ1n) is 12.9. The number of nitrogens with one attached hydrogen (secondary N) is 1. The number of rotatable bonds is 5. The Kier molecular flexibility index (Phi) is 6.89. The van der Waals surface area contributed by atoms with Gasteiger partial charge in [-0.05, 0) is 67.0 Å². The fraction of sp³-hybridized carbons (Fsp3) is 0.345. The molecule has 3 aromatic heterocycles. The number of aromatic nitrogens is 5. The van der Waals surface area contributed by atoms with Crippen molar-refractivity contribution in [3.8, 4) is 22.6 Å². The highest BCUT2D eigenvalue weighted by Gasteiger charge is 2.44. The van der Waals surface area contributed by atoms with Crippen molar-refractivity contribution in [3.63, 3.8) is 0 Å². The van der Waals surface area contributed by atoms with E-state index in [-0.39, 0.29) is 28.4 Å². The third kappa shape index (κ3) is 5.30. The quantitative estimate of drug-likeness (QED) is 0.323. The molecule has 8 nitrogen and oxygen atoms in total. The van der Waals surface area contributed by atoms with Gasteiger partial charge >= 0.3 is 0 Å². The lowest BCUT2D eigenvalue weighted by atomic mass is 9.62. The molecule has 1 aliphatic carbocycles. The number of hydrogen-bond donors (Lipinski definition) is 1. The SMILES string of the molecule is CC(C)(C)[C@H]1CC[C@](C)(c2cccc(-c3cnc(NS(C)(=O)=O)cn3)n2)c2nnc(-c3c(F)cccc3F)cc21. The van der Waals surface area contributed by atoms with Crippen LogP contribution in [0.15, 0.2) is 54.9 Å². The molecule has 11 heteroatoms. The van der Waals surface area contributed by atoms with E-state index in [4.69, 9.17) is 4.98 Å². The zero-order valence-corrected chi connectivity index (χ0v) is 23.7. The van der Waals surface area contributed by atoms with Gasteiger partial charge in [0.2, 0.25) is 10.0 Å². The van der Waals surface area contributed by atoms with Crippen LogP contribution in [0.5, 0.6) is 0 Å². The van der Waals surface area contributed by atoms with Crippen LogP contribution in [0.3, 0.4) is 0 Å². The minimum absolute atomic E-state index is 0.0867. The topological polar surface area (TPSA) is 111 Å². The second-order valence-electron chi connectivity index (χ2n) is 11.5. The van der Waals surface area contributed by atoms with Crippen LogP contribution in [0, 0.1) is 17.0 Å². The van der Waals surface area contributed by atoms with Crippen LogP contribution in [0.1, 0.15) is 63.4 Å². The van der Waals surface area contributed by atoms with E-state index in [2.05, 4.69) is 52.6 Å². The van der Waals surface area contributed by atoms with E-state index in [0.717, 1.165) is 36.0 Å². The summed E-state index contributed by atoms with van der Waals surface area (Å²) in [6.07, 6.45) is 5.39. The summed E-state index contributed by atoms with van der Waals surface area (Å²) in [6.45, 7) is 8.49. The van der Waals surface area contributed by atoms with E-state index >= 15 is 0 Å². The first-order chi connectivity index (χ1) is 18.8. The summed E-state index contributed by atoms with van der Waals surface area (Å²) >= 11 is 0. The van der Waals surface area contributed by atoms with Gasteiger partial charge in [0, 0.05) is 0 Å². The maximum Gasteiger partial charge on any atom is 0.231 e. The van der Waals surface area contributed by atoms with Gasteiger partial charge in [0.25, 0.3) is 0 Å². The molecule has 40 heavy (non-hydrogen) atoms. The summed E-state index contributed by atoms with van der Waals surface area (Å²) in [5, 5.41) is 8.91. The predicted octanol–water partition coefficient (Wildman–Crippen LogP) is 5.87. The average Bonchev–Trinajstić information content (AvgIpc) is 2.87. The highest BCUT2D eigenvalue weighted by molar-refractivity contribution is 7.92. The second-order valence-corrected chi connectivity index (χ2v) is 13.2. The fourth-order valence-corrected chi connectivity index (χ4v) is 5.89. The molecule has 1 aliphatic rings. The molecule has 0 saturated carbocycles. The van der Waals surface area contributed by atoms with Gasteiger partial charge in [-0.15, -0.1) is 5.10 Å². The van der Waals surface area contributed by atoms with Gasteiger partial charge in [0.05, 0.1) is 52.4 Å². The Morgan fingerprint density at radius 2 is 1.65 bits per heavy atom. The minimum Gasteiger partial charge on any atom is -0.266 e. The van der Waals surface area contributed by atoms with Crippen LogP contribution in [0.25, 0.3) is 22.6 Å². The Hall–Kier alpha value is -3.86. The van der Waals surface area contributed by atoms with E-state index in [1.807, 2.05) is 12.1 Å². The van der Waals surface area contributed by atoms with Crippen LogP contribution in [-0.4, -0.2) is 39.8 Å². The van der Waals surface area contributed by atoms with Gasteiger partial charge < -0.3 is 0 Å². The number of fused-ring (bicyclic) bond motifs is 1. The van der Waals surface area contributed by atoms with Crippen molar-refractivity contribution in [1.29, 1.82) is 0 Å². The molecule has 0 spiro atoms. The summed E-state index contributed by atoms with van der Waals surface area (Å²) in [7, 11) is -3.48. The maximum atomic E-state index is 14.7. The van der Waals surface area contributed by atoms with Gasteiger partial charge in [-0.2, -0.15) is 5.10 Å². The van der Waals surface area contributed by atoms with E-state index in [1.165, 1.54) is 30.6 Å². The molecule has 2 atom stereocenters. The van der Waals surface area contributed by atoms with E-state index < -0.39 is 27.1 Å². The van der Waals surface area contributed by atoms with Gasteiger partial charge in [-0.3, -0.25) is 9.71 Å². The molecule has 0 fully saturated rings. The number of sulfonamides is 1. The van der Waals surface area contributed by atoms with E-state index in [0.29, 0.717) is 11.4 Å². The smallest absolute Gasteiger partial charge is 0.231 e. The normalized spacial score (nSPS) is 19.2. The third-order valence-corrected chi connectivity index (χ3v) is 8.02. The lowest BCUT2D eigenvalue weighted by molar-refractivity contribution is 0.257. The molecule has 5 rings (SSSR count). The van der Waals surface area contributed by atoms with Crippen molar-refractivity contribution in [3.05, 3.63) is 83.4 Å². The number of pyridine rings is 1. The lowest BCUT2D eigenvalue weighted by Crippen LogP contribution is -2.36. The number of halogens is 2. The molecule has 0 saturated heterocycles. The first-order valence-corrected chi connectivity index (χ1v) is 14.8. The summed E-state index contributed by atoms with van der Waals surface area (Å²) in [5.41, 5.74) is 2.63. The second kappa shape index (κ2) is 9.96. The monoisotopic (exact) mass is 564 g/mol. The van der Waals surface area contributed by atoms with Crippen molar-refractivity contribution in [1.82, 2.24) is 25.1 Å². The molecule has 0 radical (unpaired) electrons. The van der Waals surface area contributed by atoms with Crippen LogP contribution in [0.4, 0.5) is 14.6 Å². The largest absolute Gasteiger partial charge is 0.266 e. The van der Waals surface area contributed by atoms with E-state index in [1.54, 1.807) is 12.1 Å². The summed E-state index contributed by atoms with van der Waals surface area (Å²) < 4.78 is 54.6. The Labute approximate surface area is 232 Å². The predicted molar refractivity (Wildman–Crippen MR) is 149 cm³/mol. The van der Waals surface area contributed by atoms with Crippen molar-refractivity contribution in [2.45, 2.75) is 51.9 Å². The zero-order chi connectivity index (χ0) is 28.9. The fourth-order valence-electron chi connectivity index (χ4n) is 5.41. The highest BCUT2D eigenvalue weighted by Crippen LogP contribution is 2.51. The molecule has 0 unspecified atom stereocenters. The van der Waals surface area contributed by atoms with Crippen molar-refractivity contribution < 1.29 is 17.2 Å². The Morgan fingerprint density at radius 1 is 0.950 bits per heavy atom. The van der Waals surface area contributed by atoms with E-state index in [9.17, 15) is 17.2 Å². The average molecular weight is 565 g/mol. The number of benzene rings is 1. The van der Waals surface area contributed by atoms with Gasteiger partial charge in [-0.1, -0.05) is 32.9 Å². The summed E-state index contributed by atoms with van der Waals surface area (Å²) in [4.78, 5) is 13.4. The molecule has 0 amide bonds. The van der Waals surface area contributed by atoms with Crippen molar-refractivity contribution in [2.75, 3.05) is 11.0 Å². The molecule has 0 bridgehead atoms. The minimum atomic E-state index is -3.48. The molecule has 1 N–H and O–H groups in total. The Morgan fingerprint density at radius 3 is 2.27 bits per heavy atom. The standard InChI is InChI=1S/C29H30F2N6O2S/c1-28(2,3)18-12-13-29(4,27-17(18)14-22(35-36-27)26-19(30)8-6-9-20(26)31)24-11-7-10-21(34-24)23-15-33-25(16-32-23)37-40(5,38)39/h6-11,14-16,18H,12-13H2,1-5H3,(H,33,37)/t18-,29+/m0/s1. The number of hydrogen-bond acceptors (Lipinski definition) is 7. The first kappa shape index (κ1) is 27.7. The number of anilines is 1. The van der Waals surface area contributed by atoms with Crippen LogP contribution in [0.2, 0.25) is 0 Å². The molecule has 4 aromatic rings.